The van der Waals surface area contributed by atoms with Crippen molar-refractivity contribution in [2.75, 3.05) is 5.32 Å². The summed E-state index contributed by atoms with van der Waals surface area (Å²) in [4.78, 5) is 4.16. The van der Waals surface area contributed by atoms with Crippen molar-refractivity contribution in [3.8, 4) is 0 Å². The molecule has 92 valence electrons. The van der Waals surface area contributed by atoms with Crippen LogP contribution >= 0.6 is 0 Å². The molecule has 6 nitrogen and oxygen atoms in total. The first-order valence-electron chi connectivity index (χ1n) is 5.89. The molecule has 0 aliphatic carbocycles. The zero-order valence-corrected chi connectivity index (χ0v) is 9.91. The van der Waals surface area contributed by atoms with Crippen LogP contribution < -0.4 is 5.32 Å². The number of aromatic amines is 1. The molecule has 2 N–H and O–H groups in total. The first-order valence-corrected chi connectivity index (χ1v) is 5.89. The Labute approximate surface area is 108 Å². The average Bonchev–Trinajstić information content (AvgIpc) is 3.05. The highest BCUT2D eigenvalue weighted by Crippen LogP contribution is 2.19. The topological polar surface area (TPSA) is 70.9 Å². The van der Waals surface area contributed by atoms with Crippen LogP contribution in [0, 0.1) is 0 Å². The second-order valence-electron chi connectivity index (χ2n) is 4.25. The van der Waals surface area contributed by atoms with Gasteiger partial charge in [-0.05, 0) is 30.3 Å². The summed E-state index contributed by atoms with van der Waals surface area (Å²) >= 11 is 0. The molecule has 4 aromatic rings. The van der Waals surface area contributed by atoms with E-state index in [9.17, 15) is 0 Å². The predicted molar refractivity (Wildman–Crippen MR) is 72.4 cm³/mol. The van der Waals surface area contributed by atoms with Crippen LogP contribution in [0.25, 0.3) is 16.6 Å². The third kappa shape index (κ3) is 1.70. The van der Waals surface area contributed by atoms with Gasteiger partial charge in [-0.15, -0.1) is 5.10 Å². The van der Waals surface area contributed by atoms with Crippen LogP contribution in [0.15, 0.2) is 48.9 Å². The summed E-state index contributed by atoms with van der Waals surface area (Å²) < 4.78 is 1.73. The molecule has 0 saturated heterocycles. The van der Waals surface area contributed by atoms with E-state index in [2.05, 4.69) is 25.6 Å². The van der Waals surface area contributed by atoms with E-state index in [-0.39, 0.29) is 0 Å². The SMILES string of the molecule is c1cn2nc(Nc3ccc4[nH]ncc4c3)ccc2n1. The fraction of sp³-hybridized carbons (Fsp3) is 0. The second kappa shape index (κ2) is 3.81. The van der Waals surface area contributed by atoms with Gasteiger partial charge in [-0.25, -0.2) is 9.50 Å². The van der Waals surface area contributed by atoms with E-state index in [4.69, 9.17) is 0 Å². The molecule has 0 aliphatic heterocycles. The summed E-state index contributed by atoms with van der Waals surface area (Å²) in [5, 5.41) is 15.7. The van der Waals surface area contributed by atoms with Crippen LogP contribution in [-0.4, -0.2) is 24.8 Å². The maximum atomic E-state index is 4.42. The zero-order chi connectivity index (χ0) is 12.7. The van der Waals surface area contributed by atoms with Gasteiger partial charge in [0.1, 0.15) is 0 Å². The van der Waals surface area contributed by atoms with Gasteiger partial charge in [-0.1, -0.05) is 0 Å². The molecule has 6 heteroatoms. The number of fused-ring (bicyclic) bond motifs is 2. The molecule has 0 spiro atoms. The van der Waals surface area contributed by atoms with Gasteiger partial charge >= 0.3 is 0 Å². The smallest absolute Gasteiger partial charge is 0.153 e. The third-order valence-corrected chi connectivity index (χ3v) is 2.97. The largest absolute Gasteiger partial charge is 0.339 e. The molecule has 0 atom stereocenters. The van der Waals surface area contributed by atoms with Crippen molar-refractivity contribution < 1.29 is 0 Å². The molecule has 3 aromatic heterocycles. The van der Waals surface area contributed by atoms with Crippen molar-refractivity contribution >= 4 is 28.1 Å². The number of rotatable bonds is 2. The maximum Gasteiger partial charge on any atom is 0.153 e. The highest BCUT2D eigenvalue weighted by atomic mass is 15.3. The Hall–Kier alpha value is -2.89. The highest BCUT2D eigenvalue weighted by molar-refractivity contribution is 5.82. The van der Waals surface area contributed by atoms with E-state index >= 15 is 0 Å². The fourth-order valence-corrected chi connectivity index (χ4v) is 2.05. The summed E-state index contributed by atoms with van der Waals surface area (Å²) in [7, 11) is 0. The quantitative estimate of drug-likeness (QED) is 0.573. The summed E-state index contributed by atoms with van der Waals surface area (Å²) in [6.45, 7) is 0. The molecule has 0 bridgehead atoms. The molecular formula is C13H10N6. The molecule has 0 aliphatic rings. The van der Waals surface area contributed by atoms with E-state index in [1.54, 1.807) is 16.9 Å². The van der Waals surface area contributed by atoms with Crippen molar-refractivity contribution in [2.45, 2.75) is 0 Å². The van der Waals surface area contributed by atoms with Gasteiger partial charge in [-0.3, -0.25) is 5.10 Å². The van der Waals surface area contributed by atoms with Gasteiger partial charge in [0.25, 0.3) is 0 Å². The number of aromatic nitrogens is 5. The first-order chi connectivity index (χ1) is 9.38. The Balaban J connectivity index is 1.72. The van der Waals surface area contributed by atoms with E-state index < -0.39 is 0 Å². The van der Waals surface area contributed by atoms with E-state index in [0.717, 1.165) is 28.1 Å². The Morgan fingerprint density at radius 1 is 1.16 bits per heavy atom. The third-order valence-electron chi connectivity index (χ3n) is 2.97. The molecule has 1 aromatic carbocycles. The van der Waals surface area contributed by atoms with Crippen molar-refractivity contribution in [3.05, 3.63) is 48.9 Å². The van der Waals surface area contributed by atoms with Crippen LogP contribution in [0.2, 0.25) is 0 Å². The summed E-state index contributed by atoms with van der Waals surface area (Å²) in [5.41, 5.74) is 2.82. The fourth-order valence-electron chi connectivity index (χ4n) is 2.05. The first kappa shape index (κ1) is 10.1. The van der Waals surface area contributed by atoms with Crippen LogP contribution in [-0.2, 0) is 0 Å². The lowest BCUT2D eigenvalue weighted by Gasteiger charge is -2.05. The van der Waals surface area contributed by atoms with Gasteiger partial charge < -0.3 is 5.32 Å². The second-order valence-corrected chi connectivity index (χ2v) is 4.25. The number of H-pyrrole nitrogens is 1. The Kier molecular flexibility index (Phi) is 2.02. The van der Waals surface area contributed by atoms with Crippen molar-refractivity contribution in [1.29, 1.82) is 0 Å². The van der Waals surface area contributed by atoms with Crippen LogP contribution in [0.1, 0.15) is 0 Å². The zero-order valence-electron chi connectivity index (χ0n) is 9.91. The minimum Gasteiger partial charge on any atom is -0.339 e. The Morgan fingerprint density at radius 2 is 2.16 bits per heavy atom. The number of hydrogen-bond donors (Lipinski definition) is 2. The molecule has 0 saturated carbocycles. The van der Waals surface area contributed by atoms with Gasteiger partial charge in [0.05, 0.1) is 11.7 Å². The van der Waals surface area contributed by atoms with Gasteiger partial charge in [-0.2, -0.15) is 5.10 Å². The normalized spacial score (nSPS) is 11.2. The van der Waals surface area contributed by atoms with E-state index in [0.29, 0.717) is 0 Å². The Morgan fingerprint density at radius 3 is 3.16 bits per heavy atom. The van der Waals surface area contributed by atoms with Crippen molar-refractivity contribution in [2.24, 2.45) is 0 Å². The van der Waals surface area contributed by atoms with Crippen LogP contribution in [0.3, 0.4) is 0 Å². The van der Waals surface area contributed by atoms with Gasteiger partial charge in [0, 0.05) is 23.5 Å². The summed E-state index contributed by atoms with van der Waals surface area (Å²) in [5.74, 6) is 0.772. The van der Waals surface area contributed by atoms with Crippen molar-refractivity contribution in [3.63, 3.8) is 0 Å². The molecule has 0 radical (unpaired) electrons. The molecule has 19 heavy (non-hydrogen) atoms. The lowest BCUT2D eigenvalue weighted by molar-refractivity contribution is 0.942. The number of imidazole rings is 1. The van der Waals surface area contributed by atoms with E-state index in [1.165, 1.54) is 0 Å². The minimum atomic E-state index is 0.772. The molecule has 0 fully saturated rings. The molecule has 4 rings (SSSR count). The minimum absolute atomic E-state index is 0.772. The average molecular weight is 250 g/mol. The van der Waals surface area contributed by atoms with Crippen LogP contribution in [0.5, 0.6) is 0 Å². The molecule has 0 unspecified atom stereocenters. The Bertz CT molecular complexity index is 787. The summed E-state index contributed by atoms with van der Waals surface area (Å²) in [6, 6.07) is 9.83. The van der Waals surface area contributed by atoms with E-state index in [1.807, 2.05) is 36.5 Å². The number of hydrogen-bond acceptors (Lipinski definition) is 4. The number of anilines is 2. The molecule has 3 heterocycles. The van der Waals surface area contributed by atoms with Crippen molar-refractivity contribution in [1.82, 2.24) is 24.8 Å². The number of nitrogens with one attached hydrogen (secondary N) is 2. The molecular weight excluding hydrogens is 240 g/mol. The predicted octanol–water partition coefficient (Wildman–Crippen LogP) is 2.35. The number of benzene rings is 1. The summed E-state index contributed by atoms with van der Waals surface area (Å²) in [6.07, 6.45) is 5.34. The van der Waals surface area contributed by atoms with Crippen LogP contribution in [0.4, 0.5) is 11.5 Å². The molecule has 0 amide bonds. The lowest BCUT2D eigenvalue weighted by Crippen LogP contribution is -1.98. The monoisotopic (exact) mass is 250 g/mol. The number of nitrogens with zero attached hydrogens (tertiary/aromatic N) is 4. The lowest BCUT2D eigenvalue weighted by atomic mass is 10.2. The standard InChI is InChI=1S/C13H10N6/c1-2-11-9(8-15-17-11)7-10(1)16-12-3-4-13-14-5-6-19(13)18-12/h1-8H,(H,15,17)(H,16,18). The maximum absolute atomic E-state index is 4.42. The van der Waals surface area contributed by atoms with Gasteiger partial charge in [0.15, 0.2) is 11.5 Å². The van der Waals surface area contributed by atoms with Gasteiger partial charge in [0.2, 0.25) is 0 Å². The highest BCUT2D eigenvalue weighted by Gasteiger charge is 2.01.